The molecule has 1 aromatic rings. The largest absolute Gasteiger partial charge is 0.416 e. The maximum Gasteiger partial charge on any atom is 0.416 e. The molecule has 9 heteroatoms. The normalized spacial score (nSPS) is 11.8. The second-order valence-corrected chi connectivity index (χ2v) is 15.7. The highest BCUT2D eigenvalue weighted by Crippen LogP contribution is 2.39. The first-order chi connectivity index (χ1) is 7.95. The molecule has 0 saturated carbocycles. The van der Waals surface area contributed by atoms with Gasteiger partial charge in [0.15, 0.2) is 1.05 Å². The molecule has 1 aromatic carbocycles. The molecule has 0 N–H and O–H groups in total. The van der Waals surface area contributed by atoms with E-state index in [2.05, 4.69) is 79.6 Å². The molecule has 0 aliphatic rings. The zero-order chi connectivity index (χ0) is 14.6. The Balaban J connectivity index is 0.000000494. The molecule has 0 atom stereocenters. The number of alkyl halides is 8. The lowest BCUT2D eigenvalue weighted by molar-refractivity contribution is -0.137. The molecule has 0 aromatic heterocycles. The average Bonchev–Trinajstić information content (AvgIpc) is 2.14. The maximum absolute atomic E-state index is 12.2. The van der Waals surface area contributed by atoms with Crippen molar-refractivity contribution in [1.29, 1.82) is 0 Å². The number of hydrogen-bond donors (Lipinski definition) is 0. The average molecular weight is 697 g/mol. The fraction of sp³-hybridized carbons (Fsp3) is 0.333. The Hall–Kier alpha value is 2.14. The van der Waals surface area contributed by atoms with E-state index in [-0.39, 0.29) is 1.05 Å². The summed E-state index contributed by atoms with van der Waals surface area (Å²) in [5, 5.41) is 0.440. The zero-order valence-electron chi connectivity index (χ0n) is 8.34. The van der Waals surface area contributed by atoms with Crippen LogP contribution < -0.4 is 0 Å². The predicted octanol–water partition coefficient (Wildman–Crippen LogP) is 7.38. The van der Waals surface area contributed by atoms with Gasteiger partial charge in [-0.3, -0.25) is 0 Å². The van der Waals surface area contributed by atoms with Crippen LogP contribution in [0.25, 0.3) is 0 Å². The molecule has 0 amide bonds. The summed E-state index contributed by atoms with van der Waals surface area (Å²) in [6, 6.07) is 3.73. The van der Waals surface area contributed by atoms with Crippen LogP contribution in [-0.4, -0.2) is 1.05 Å². The summed E-state index contributed by atoms with van der Waals surface area (Å²) in [5.74, 6) is 0. The first kappa shape index (κ1) is 20.1. The summed E-state index contributed by atoms with van der Waals surface area (Å²) in [6.07, 6.45) is -4.25. The van der Waals surface area contributed by atoms with E-state index < -0.39 is 11.7 Å². The van der Waals surface area contributed by atoms with Gasteiger partial charge in [0.2, 0.25) is 0 Å². The summed E-state index contributed by atoms with van der Waals surface area (Å²) in [6.45, 7) is 0. The van der Waals surface area contributed by atoms with Crippen molar-refractivity contribution in [2.24, 2.45) is 0 Å². The maximum atomic E-state index is 12.2. The molecular formula is C9H5Br5F3I. The highest BCUT2D eigenvalue weighted by molar-refractivity contribution is 14.1. The third-order valence-electron chi connectivity index (χ3n) is 1.52. The fourth-order valence-electron chi connectivity index (χ4n) is 0.853. The Bertz CT molecular complexity index is 383. The lowest BCUT2D eigenvalue weighted by Gasteiger charge is -2.08. The van der Waals surface area contributed by atoms with Crippen LogP contribution in [0.3, 0.4) is 0 Å². The van der Waals surface area contributed by atoms with Crippen LogP contribution in [-0.2, 0) is 11.5 Å². The molecule has 0 radical (unpaired) electrons. The monoisotopic (exact) mass is 692 g/mol. The standard InChI is InChI=1S/C8H5BrF3I.CBr4/c9-4-5-3-6(8(10,11)12)1-2-7(5)13;2-1(3,4)5/h1-3H,4H2;. The van der Waals surface area contributed by atoms with Gasteiger partial charge >= 0.3 is 6.18 Å². The van der Waals surface area contributed by atoms with Crippen molar-refractivity contribution in [2.45, 2.75) is 12.6 Å². The van der Waals surface area contributed by atoms with E-state index in [1.54, 1.807) is 0 Å². The van der Waals surface area contributed by atoms with Crippen molar-refractivity contribution in [2.75, 3.05) is 0 Å². The molecule has 0 saturated heterocycles. The predicted molar refractivity (Wildman–Crippen MR) is 95.2 cm³/mol. The zero-order valence-corrected chi connectivity index (χ0v) is 18.4. The molecule has 1 rings (SSSR count). The van der Waals surface area contributed by atoms with Crippen molar-refractivity contribution >= 4 is 102 Å². The van der Waals surface area contributed by atoms with Gasteiger partial charge < -0.3 is 0 Å². The Morgan fingerprint density at radius 3 is 1.83 bits per heavy atom. The minimum Gasteiger partial charge on any atom is -0.166 e. The summed E-state index contributed by atoms with van der Waals surface area (Å²) < 4.78 is 37.2. The van der Waals surface area contributed by atoms with Gasteiger partial charge in [-0.15, -0.1) is 0 Å². The van der Waals surface area contributed by atoms with E-state index in [1.807, 2.05) is 22.6 Å². The van der Waals surface area contributed by atoms with Crippen molar-refractivity contribution in [3.05, 3.63) is 32.9 Å². The molecule has 0 aliphatic carbocycles. The fourth-order valence-corrected chi connectivity index (χ4v) is 2.37. The van der Waals surface area contributed by atoms with E-state index in [4.69, 9.17) is 0 Å². The topological polar surface area (TPSA) is 0 Å². The second-order valence-electron chi connectivity index (χ2n) is 2.87. The van der Waals surface area contributed by atoms with Gasteiger partial charge in [-0.2, -0.15) is 13.2 Å². The number of rotatable bonds is 1. The summed E-state index contributed by atoms with van der Waals surface area (Å²) in [7, 11) is 0. The van der Waals surface area contributed by atoms with Gasteiger partial charge in [-0.05, 0) is 110 Å². The van der Waals surface area contributed by atoms with Gasteiger partial charge in [0.05, 0.1) is 5.56 Å². The SMILES string of the molecule is BrC(Br)(Br)Br.FC(F)(F)c1ccc(I)c(CBr)c1. The summed E-state index contributed by atoms with van der Waals surface area (Å²) in [4.78, 5) is 0. The van der Waals surface area contributed by atoms with Crippen LogP contribution in [0.5, 0.6) is 0 Å². The Morgan fingerprint density at radius 1 is 1.06 bits per heavy atom. The van der Waals surface area contributed by atoms with Gasteiger partial charge in [0.25, 0.3) is 0 Å². The highest BCUT2D eigenvalue weighted by atomic mass is 127. The molecule has 18 heavy (non-hydrogen) atoms. The minimum absolute atomic E-state index is 0.250. The summed E-state index contributed by atoms with van der Waals surface area (Å²) in [5.41, 5.74) is 0.0674. The lowest BCUT2D eigenvalue weighted by Crippen LogP contribution is -2.05. The van der Waals surface area contributed by atoms with E-state index >= 15 is 0 Å². The Kier molecular flexibility index (Phi) is 9.57. The first-order valence-corrected chi connectivity index (χ1v) is 9.49. The van der Waals surface area contributed by atoms with Crippen LogP contribution >= 0.6 is 102 Å². The molecule has 0 bridgehead atoms. The van der Waals surface area contributed by atoms with Crippen LogP contribution in [0, 0.1) is 3.57 Å². The van der Waals surface area contributed by atoms with Gasteiger partial charge in [-0.1, -0.05) is 15.9 Å². The molecular weight excluding hydrogens is 692 g/mol. The molecule has 0 fully saturated rings. The number of hydrogen-bond acceptors (Lipinski definition) is 0. The quantitative estimate of drug-likeness (QED) is 0.213. The van der Waals surface area contributed by atoms with E-state index in [1.165, 1.54) is 6.07 Å². The van der Waals surface area contributed by atoms with Gasteiger partial charge in [0.1, 0.15) is 0 Å². The van der Waals surface area contributed by atoms with Crippen molar-refractivity contribution in [1.82, 2.24) is 0 Å². The van der Waals surface area contributed by atoms with Crippen molar-refractivity contribution in [3.8, 4) is 0 Å². The van der Waals surface area contributed by atoms with Gasteiger partial charge in [0, 0.05) is 8.90 Å². The smallest absolute Gasteiger partial charge is 0.166 e. The molecule has 0 aliphatic heterocycles. The molecule has 0 heterocycles. The van der Waals surface area contributed by atoms with Crippen LogP contribution in [0.1, 0.15) is 11.1 Å². The van der Waals surface area contributed by atoms with Crippen LogP contribution in [0.4, 0.5) is 13.2 Å². The molecule has 104 valence electrons. The molecule has 0 unspecified atom stereocenters. The lowest BCUT2D eigenvalue weighted by atomic mass is 10.1. The van der Waals surface area contributed by atoms with Crippen LogP contribution in [0.2, 0.25) is 0 Å². The molecule has 0 nitrogen and oxygen atoms in total. The third kappa shape index (κ3) is 9.95. The van der Waals surface area contributed by atoms with Crippen LogP contribution in [0.15, 0.2) is 18.2 Å². The number of benzene rings is 1. The highest BCUT2D eigenvalue weighted by Gasteiger charge is 2.30. The number of halogens is 9. The second kappa shape index (κ2) is 8.55. The Labute approximate surface area is 159 Å². The van der Waals surface area contributed by atoms with E-state index in [0.717, 1.165) is 15.7 Å². The van der Waals surface area contributed by atoms with E-state index in [0.29, 0.717) is 10.9 Å². The Morgan fingerprint density at radius 2 is 1.50 bits per heavy atom. The first-order valence-electron chi connectivity index (χ1n) is 4.12. The molecule has 0 spiro atoms. The van der Waals surface area contributed by atoms with Crippen molar-refractivity contribution < 1.29 is 13.2 Å². The third-order valence-corrected chi connectivity index (χ3v) is 3.17. The van der Waals surface area contributed by atoms with E-state index in [9.17, 15) is 13.2 Å². The van der Waals surface area contributed by atoms with Gasteiger partial charge in [-0.25, -0.2) is 0 Å². The minimum atomic E-state index is -4.25. The van der Waals surface area contributed by atoms with Crippen molar-refractivity contribution in [3.63, 3.8) is 0 Å². The summed E-state index contributed by atoms with van der Waals surface area (Å²) >= 11 is 17.6.